The van der Waals surface area contributed by atoms with Crippen LogP contribution >= 0.6 is 35.6 Å². The fourth-order valence-electron chi connectivity index (χ4n) is 2.59. The van der Waals surface area contributed by atoms with E-state index in [0.717, 1.165) is 32.3 Å². The number of aliphatic imine (C=N–C) groups is 1. The molecule has 1 spiro atoms. The van der Waals surface area contributed by atoms with Gasteiger partial charge in [-0.15, -0.1) is 24.0 Å². The van der Waals surface area contributed by atoms with E-state index in [9.17, 15) is 0 Å². The van der Waals surface area contributed by atoms with Crippen molar-refractivity contribution in [1.29, 1.82) is 0 Å². The average molecular weight is 386 g/mol. The number of hydrogen-bond acceptors (Lipinski definition) is 2. The maximum atomic E-state index is 5.76. The van der Waals surface area contributed by atoms with Crippen LogP contribution in [0.25, 0.3) is 0 Å². The van der Waals surface area contributed by atoms with Crippen LogP contribution in [0.1, 0.15) is 12.8 Å². The predicted octanol–water partition coefficient (Wildman–Crippen LogP) is 2.04. The van der Waals surface area contributed by atoms with Crippen molar-refractivity contribution < 1.29 is 4.74 Å². The van der Waals surface area contributed by atoms with E-state index in [1.165, 1.54) is 12.8 Å². The molecule has 18 heavy (non-hydrogen) atoms. The molecule has 2 aliphatic heterocycles. The molecule has 1 unspecified atom stereocenters. The lowest BCUT2D eigenvalue weighted by Crippen LogP contribution is -2.41. The summed E-state index contributed by atoms with van der Waals surface area (Å²) in [5, 5.41) is 3.82. The van der Waals surface area contributed by atoms with Gasteiger partial charge >= 0.3 is 0 Å². The van der Waals surface area contributed by atoms with Gasteiger partial charge in [-0.3, -0.25) is 4.99 Å². The van der Waals surface area contributed by atoms with E-state index in [2.05, 4.69) is 21.8 Å². The molecule has 0 bridgehead atoms. The molecular weight excluding hydrogens is 365 g/mol. The monoisotopic (exact) mass is 385 g/mol. The highest BCUT2D eigenvalue weighted by Gasteiger charge is 2.42. The Morgan fingerprint density at radius 1 is 1.56 bits per heavy atom. The number of hydrogen-bond donors (Lipinski definition) is 1. The molecule has 2 rings (SSSR count). The van der Waals surface area contributed by atoms with Crippen LogP contribution in [0.3, 0.4) is 0 Å². The smallest absolute Gasteiger partial charge is 0.193 e. The minimum absolute atomic E-state index is 0. The minimum Gasteiger partial charge on any atom is -0.381 e. The largest absolute Gasteiger partial charge is 0.381 e. The van der Waals surface area contributed by atoms with Gasteiger partial charge in [-0.2, -0.15) is 0 Å². The summed E-state index contributed by atoms with van der Waals surface area (Å²) in [7, 11) is 1.80. The molecule has 0 saturated carbocycles. The Bertz CT molecular complexity index is 329. The van der Waals surface area contributed by atoms with Crippen molar-refractivity contribution in [2.75, 3.05) is 39.9 Å². The quantitative estimate of drug-likeness (QED) is 0.449. The van der Waals surface area contributed by atoms with Crippen molar-refractivity contribution in [1.82, 2.24) is 10.2 Å². The third-order valence-corrected chi connectivity index (χ3v) is 3.71. The molecule has 2 fully saturated rings. The first-order valence-electron chi connectivity index (χ1n) is 6.02. The summed E-state index contributed by atoms with van der Waals surface area (Å²) in [6.07, 6.45) is 2.36. The molecule has 2 heterocycles. The molecule has 0 aromatic rings. The minimum atomic E-state index is 0. The number of nitrogens with zero attached hydrogens (tertiary/aromatic N) is 2. The van der Waals surface area contributed by atoms with Crippen LogP contribution in [0, 0.1) is 5.41 Å². The zero-order chi connectivity index (χ0) is 12.3. The third-order valence-electron chi connectivity index (χ3n) is 3.57. The zero-order valence-electron chi connectivity index (χ0n) is 10.7. The van der Waals surface area contributed by atoms with Crippen LogP contribution in [-0.2, 0) is 4.74 Å². The van der Waals surface area contributed by atoms with Crippen LogP contribution in [-0.4, -0.2) is 50.8 Å². The molecular formula is C12H21ClIN3O. The van der Waals surface area contributed by atoms with E-state index < -0.39 is 0 Å². The van der Waals surface area contributed by atoms with Gasteiger partial charge in [0.05, 0.1) is 13.2 Å². The van der Waals surface area contributed by atoms with E-state index in [-0.39, 0.29) is 24.0 Å². The lowest BCUT2D eigenvalue weighted by Gasteiger charge is -2.24. The maximum Gasteiger partial charge on any atom is 0.193 e. The molecule has 2 saturated heterocycles. The molecule has 104 valence electrons. The van der Waals surface area contributed by atoms with Gasteiger partial charge in [-0.1, -0.05) is 18.2 Å². The number of nitrogens with one attached hydrogen (secondary N) is 1. The first-order valence-corrected chi connectivity index (χ1v) is 6.40. The average Bonchev–Trinajstić information content (AvgIpc) is 2.91. The van der Waals surface area contributed by atoms with Gasteiger partial charge in [0.15, 0.2) is 5.96 Å². The second-order valence-corrected chi connectivity index (χ2v) is 5.43. The summed E-state index contributed by atoms with van der Waals surface area (Å²) in [5.74, 6) is 0.913. The SMILES string of the molecule is C=C(Cl)CNC(=NC)N1CCC2(CCOC2)C1.I. The molecule has 0 aromatic heterocycles. The van der Waals surface area contributed by atoms with Crippen LogP contribution in [0.15, 0.2) is 16.6 Å². The van der Waals surface area contributed by atoms with Gasteiger partial charge in [0, 0.05) is 37.2 Å². The Labute approximate surface area is 131 Å². The molecule has 2 aliphatic rings. The molecule has 1 atom stereocenters. The van der Waals surface area contributed by atoms with E-state index >= 15 is 0 Å². The molecule has 1 N–H and O–H groups in total. The summed E-state index contributed by atoms with van der Waals surface area (Å²) in [5.41, 5.74) is 0.357. The molecule has 0 radical (unpaired) electrons. The normalized spacial score (nSPS) is 27.4. The number of rotatable bonds is 2. The molecule has 0 amide bonds. The standard InChI is InChI=1S/C12H20ClN3O.HI/c1-10(13)7-15-11(14-2)16-5-3-12(8-16)4-6-17-9-12;/h1,3-9H2,2H3,(H,14,15);1H. The van der Waals surface area contributed by atoms with Crippen LogP contribution in [0.2, 0.25) is 0 Å². The number of halogens is 2. The Balaban J connectivity index is 0.00000162. The molecule has 4 nitrogen and oxygen atoms in total. The Kier molecular flexibility index (Phi) is 6.20. The Morgan fingerprint density at radius 3 is 2.89 bits per heavy atom. The summed E-state index contributed by atoms with van der Waals surface area (Å²) in [6.45, 7) is 8.09. The second-order valence-electron chi connectivity index (χ2n) is 4.89. The summed E-state index contributed by atoms with van der Waals surface area (Å²) < 4.78 is 5.52. The lowest BCUT2D eigenvalue weighted by molar-refractivity contribution is 0.156. The van der Waals surface area contributed by atoms with Crippen molar-refractivity contribution in [3.05, 3.63) is 11.6 Å². The summed E-state index contributed by atoms with van der Waals surface area (Å²) in [4.78, 5) is 6.57. The lowest BCUT2D eigenvalue weighted by atomic mass is 9.87. The fraction of sp³-hybridized carbons (Fsp3) is 0.750. The van der Waals surface area contributed by atoms with Crippen molar-refractivity contribution >= 4 is 41.5 Å². The zero-order valence-corrected chi connectivity index (χ0v) is 13.8. The number of guanidine groups is 1. The van der Waals surface area contributed by atoms with Crippen LogP contribution in [0.5, 0.6) is 0 Å². The van der Waals surface area contributed by atoms with Gasteiger partial charge < -0.3 is 15.0 Å². The number of likely N-dealkylation sites (tertiary alicyclic amines) is 1. The number of ether oxygens (including phenoxy) is 1. The van der Waals surface area contributed by atoms with Gasteiger partial charge in [0.2, 0.25) is 0 Å². The van der Waals surface area contributed by atoms with Gasteiger partial charge in [-0.05, 0) is 12.8 Å². The van der Waals surface area contributed by atoms with Crippen molar-refractivity contribution in [3.63, 3.8) is 0 Å². The van der Waals surface area contributed by atoms with Gasteiger partial charge in [-0.25, -0.2) is 0 Å². The molecule has 0 aliphatic carbocycles. The van der Waals surface area contributed by atoms with E-state index in [1.54, 1.807) is 7.05 Å². The highest BCUT2D eigenvalue weighted by atomic mass is 127. The highest BCUT2D eigenvalue weighted by molar-refractivity contribution is 14.0. The van der Waals surface area contributed by atoms with E-state index in [4.69, 9.17) is 16.3 Å². The second kappa shape index (κ2) is 6.96. The van der Waals surface area contributed by atoms with E-state index in [0.29, 0.717) is 17.0 Å². The maximum absolute atomic E-state index is 5.76. The van der Waals surface area contributed by atoms with Crippen LogP contribution < -0.4 is 5.32 Å². The molecule has 0 aromatic carbocycles. The topological polar surface area (TPSA) is 36.9 Å². The molecule has 6 heteroatoms. The summed E-state index contributed by atoms with van der Waals surface area (Å²) >= 11 is 5.76. The van der Waals surface area contributed by atoms with Gasteiger partial charge in [0.1, 0.15) is 0 Å². The van der Waals surface area contributed by atoms with Crippen LogP contribution in [0.4, 0.5) is 0 Å². The Hall–Kier alpha value is -0.0100. The van der Waals surface area contributed by atoms with Crippen molar-refractivity contribution in [2.45, 2.75) is 12.8 Å². The Morgan fingerprint density at radius 2 is 2.33 bits per heavy atom. The first kappa shape index (κ1) is 16.0. The predicted molar refractivity (Wildman–Crippen MR) is 85.8 cm³/mol. The highest BCUT2D eigenvalue weighted by Crippen LogP contribution is 2.38. The van der Waals surface area contributed by atoms with Gasteiger partial charge in [0.25, 0.3) is 0 Å². The first-order chi connectivity index (χ1) is 8.15. The third kappa shape index (κ3) is 3.74. The fourth-order valence-corrected chi connectivity index (χ4v) is 2.66. The van der Waals surface area contributed by atoms with Crippen molar-refractivity contribution in [2.24, 2.45) is 10.4 Å². The van der Waals surface area contributed by atoms with E-state index in [1.807, 2.05) is 0 Å². The van der Waals surface area contributed by atoms with Crippen molar-refractivity contribution in [3.8, 4) is 0 Å². The summed E-state index contributed by atoms with van der Waals surface area (Å²) in [6, 6.07) is 0.